The van der Waals surface area contributed by atoms with Crippen LogP contribution in [0.25, 0.3) is 0 Å². The highest BCUT2D eigenvalue weighted by molar-refractivity contribution is 7.89. The Balaban J connectivity index is 1.52. The van der Waals surface area contributed by atoms with Gasteiger partial charge < -0.3 is 10.1 Å². The molecule has 0 bridgehead atoms. The maximum atomic E-state index is 13.4. The van der Waals surface area contributed by atoms with Crippen LogP contribution >= 0.6 is 0 Å². The average molecular weight is 443 g/mol. The minimum atomic E-state index is -3.50. The fourth-order valence-corrected chi connectivity index (χ4v) is 6.03. The number of hydrogen-bond acceptors (Lipinski definition) is 4. The van der Waals surface area contributed by atoms with Gasteiger partial charge in [0.25, 0.3) is 0 Å². The van der Waals surface area contributed by atoms with E-state index in [2.05, 4.69) is 5.32 Å². The largest absolute Gasteiger partial charge is 0.381 e. The molecule has 2 aromatic carbocycles. The second-order valence-corrected chi connectivity index (χ2v) is 10.3. The van der Waals surface area contributed by atoms with E-state index in [4.69, 9.17) is 4.74 Å². The van der Waals surface area contributed by atoms with Gasteiger partial charge in [-0.25, -0.2) is 8.42 Å². The molecular formula is C24H30N2O4S. The Morgan fingerprint density at radius 1 is 0.871 bits per heavy atom. The number of nitrogens with one attached hydrogen (secondary N) is 1. The topological polar surface area (TPSA) is 75.7 Å². The summed E-state index contributed by atoms with van der Waals surface area (Å²) < 4.78 is 33.1. The lowest BCUT2D eigenvalue weighted by atomic mass is 9.73. The summed E-state index contributed by atoms with van der Waals surface area (Å²) in [5.41, 5.74) is 0.939. The molecule has 166 valence electrons. The zero-order chi connectivity index (χ0) is 21.7. The van der Waals surface area contributed by atoms with E-state index >= 15 is 0 Å². The molecule has 0 spiro atoms. The normalized spacial score (nSPS) is 20.0. The first kappa shape index (κ1) is 22.0. The van der Waals surface area contributed by atoms with Crippen molar-refractivity contribution < 1.29 is 17.9 Å². The van der Waals surface area contributed by atoms with Gasteiger partial charge in [0.05, 0.1) is 10.3 Å². The van der Waals surface area contributed by atoms with Gasteiger partial charge >= 0.3 is 0 Å². The molecule has 1 amide bonds. The molecule has 0 saturated carbocycles. The highest BCUT2D eigenvalue weighted by Crippen LogP contribution is 2.36. The summed E-state index contributed by atoms with van der Waals surface area (Å²) in [6, 6.07) is 16.4. The number of carbonyl (C=O) groups is 1. The van der Waals surface area contributed by atoms with Gasteiger partial charge in [-0.15, -0.1) is 0 Å². The number of nitrogens with zero attached hydrogens (tertiary/aromatic N) is 1. The smallest absolute Gasteiger partial charge is 0.243 e. The van der Waals surface area contributed by atoms with E-state index in [1.165, 1.54) is 0 Å². The lowest BCUT2D eigenvalue weighted by molar-refractivity contribution is -0.125. The van der Waals surface area contributed by atoms with Crippen LogP contribution < -0.4 is 5.32 Å². The van der Waals surface area contributed by atoms with Gasteiger partial charge in [-0.1, -0.05) is 43.2 Å². The van der Waals surface area contributed by atoms with Crippen molar-refractivity contribution in [2.75, 3.05) is 31.6 Å². The maximum absolute atomic E-state index is 13.4. The van der Waals surface area contributed by atoms with Gasteiger partial charge in [-0.3, -0.25) is 4.79 Å². The Labute approximate surface area is 184 Å². The Kier molecular flexibility index (Phi) is 6.74. The lowest BCUT2D eigenvalue weighted by Crippen LogP contribution is -2.44. The number of benzene rings is 2. The van der Waals surface area contributed by atoms with Crippen LogP contribution in [0.4, 0.5) is 5.69 Å². The van der Waals surface area contributed by atoms with Crippen molar-refractivity contribution in [3.63, 3.8) is 0 Å². The van der Waals surface area contributed by atoms with Gasteiger partial charge in [-0.2, -0.15) is 4.31 Å². The molecule has 1 N–H and O–H groups in total. The summed E-state index contributed by atoms with van der Waals surface area (Å²) in [5, 5.41) is 3.02. The summed E-state index contributed by atoms with van der Waals surface area (Å²) >= 11 is 0. The van der Waals surface area contributed by atoms with Crippen molar-refractivity contribution in [3.8, 4) is 0 Å². The number of carbonyl (C=O) groups excluding carboxylic acids is 1. The van der Waals surface area contributed by atoms with Crippen LogP contribution in [0.15, 0.2) is 59.5 Å². The van der Waals surface area contributed by atoms with E-state index < -0.39 is 15.4 Å². The number of hydrogen-bond donors (Lipinski definition) is 1. The Hall–Kier alpha value is -2.22. The number of rotatable bonds is 5. The van der Waals surface area contributed by atoms with Crippen LogP contribution in [0.2, 0.25) is 0 Å². The maximum Gasteiger partial charge on any atom is 0.243 e. The molecule has 4 rings (SSSR count). The molecule has 2 heterocycles. The van der Waals surface area contributed by atoms with Crippen LogP contribution in [-0.4, -0.2) is 44.9 Å². The molecular weight excluding hydrogens is 412 g/mol. The molecule has 2 fully saturated rings. The molecule has 31 heavy (non-hydrogen) atoms. The molecule has 0 aromatic heterocycles. The van der Waals surface area contributed by atoms with Crippen molar-refractivity contribution in [1.29, 1.82) is 0 Å². The van der Waals surface area contributed by atoms with E-state index in [9.17, 15) is 13.2 Å². The van der Waals surface area contributed by atoms with Gasteiger partial charge in [-0.05, 0) is 55.5 Å². The Bertz CT molecular complexity index is 976. The molecule has 2 aromatic rings. The second-order valence-electron chi connectivity index (χ2n) is 8.36. The van der Waals surface area contributed by atoms with Crippen molar-refractivity contribution in [3.05, 3.63) is 60.2 Å². The summed E-state index contributed by atoms with van der Waals surface area (Å²) in [4.78, 5) is 13.6. The molecule has 6 nitrogen and oxygen atoms in total. The molecule has 0 radical (unpaired) electrons. The molecule has 2 aliphatic rings. The fourth-order valence-electron chi connectivity index (χ4n) is 4.52. The molecule has 0 atom stereocenters. The minimum absolute atomic E-state index is 0.0786. The third kappa shape index (κ3) is 4.68. The van der Waals surface area contributed by atoms with Crippen molar-refractivity contribution in [2.45, 2.75) is 48.8 Å². The van der Waals surface area contributed by atoms with Crippen molar-refractivity contribution in [1.82, 2.24) is 4.31 Å². The molecule has 2 saturated heterocycles. The lowest BCUT2D eigenvalue weighted by Gasteiger charge is -2.36. The first-order valence-electron chi connectivity index (χ1n) is 11.1. The van der Waals surface area contributed by atoms with Crippen LogP contribution in [0, 0.1) is 0 Å². The molecule has 2 aliphatic heterocycles. The Morgan fingerprint density at radius 2 is 1.48 bits per heavy atom. The molecule has 0 aliphatic carbocycles. The van der Waals surface area contributed by atoms with Gasteiger partial charge in [0.15, 0.2) is 0 Å². The molecule has 0 unspecified atom stereocenters. The number of amides is 1. The quantitative estimate of drug-likeness (QED) is 0.761. The van der Waals surface area contributed by atoms with E-state index in [0.717, 1.165) is 31.2 Å². The number of sulfonamides is 1. The first-order valence-corrected chi connectivity index (χ1v) is 12.5. The first-order chi connectivity index (χ1) is 15.0. The zero-order valence-corrected chi connectivity index (χ0v) is 18.6. The van der Waals surface area contributed by atoms with Crippen LogP contribution in [0.1, 0.15) is 44.1 Å². The van der Waals surface area contributed by atoms with Gasteiger partial charge in [0.1, 0.15) is 0 Å². The highest BCUT2D eigenvalue weighted by Gasteiger charge is 2.41. The third-order valence-corrected chi connectivity index (χ3v) is 8.34. The predicted molar refractivity (Wildman–Crippen MR) is 120 cm³/mol. The van der Waals surface area contributed by atoms with Crippen LogP contribution in [0.5, 0.6) is 0 Å². The van der Waals surface area contributed by atoms with E-state index in [-0.39, 0.29) is 10.8 Å². The summed E-state index contributed by atoms with van der Waals surface area (Å²) in [6.45, 7) is 2.22. The summed E-state index contributed by atoms with van der Waals surface area (Å²) in [7, 11) is -3.50. The average Bonchev–Trinajstić information content (AvgIpc) is 3.11. The fraction of sp³-hybridized carbons (Fsp3) is 0.458. The standard InChI is InChI=1S/C24H30N2O4S/c27-23(24(14-18-30-19-15-24)20-8-4-3-5-9-20)25-21-10-12-22(13-11-21)31(28,29)26-16-6-1-2-7-17-26/h3-5,8-13H,1-2,6-7,14-19H2,(H,25,27). The SMILES string of the molecule is O=C(Nc1ccc(S(=O)(=O)N2CCCCCC2)cc1)C1(c2ccccc2)CCOCC1. The monoisotopic (exact) mass is 442 g/mol. The predicted octanol–water partition coefficient (Wildman–Crippen LogP) is 3.94. The third-order valence-electron chi connectivity index (χ3n) is 6.42. The van der Waals surface area contributed by atoms with E-state index in [1.54, 1.807) is 28.6 Å². The second kappa shape index (κ2) is 9.51. The summed E-state index contributed by atoms with van der Waals surface area (Å²) in [6.07, 6.45) is 5.18. The van der Waals surface area contributed by atoms with Crippen molar-refractivity contribution in [2.24, 2.45) is 0 Å². The molecule has 7 heteroatoms. The summed E-state index contributed by atoms with van der Waals surface area (Å²) in [5.74, 6) is -0.0786. The minimum Gasteiger partial charge on any atom is -0.381 e. The van der Waals surface area contributed by atoms with Gasteiger partial charge in [0.2, 0.25) is 15.9 Å². The van der Waals surface area contributed by atoms with Crippen LogP contribution in [0.3, 0.4) is 0 Å². The van der Waals surface area contributed by atoms with E-state index in [0.29, 0.717) is 44.8 Å². The van der Waals surface area contributed by atoms with E-state index in [1.807, 2.05) is 30.3 Å². The number of anilines is 1. The Morgan fingerprint density at radius 3 is 2.10 bits per heavy atom. The number of ether oxygens (including phenoxy) is 1. The van der Waals surface area contributed by atoms with Crippen LogP contribution in [-0.2, 0) is 25.0 Å². The van der Waals surface area contributed by atoms with Crippen molar-refractivity contribution >= 4 is 21.6 Å². The highest BCUT2D eigenvalue weighted by atomic mass is 32.2. The van der Waals surface area contributed by atoms with Gasteiger partial charge in [0, 0.05) is 32.0 Å². The zero-order valence-electron chi connectivity index (χ0n) is 17.8.